The van der Waals surface area contributed by atoms with Gasteiger partial charge in [-0.1, -0.05) is 29.8 Å². The van der Waals surface area contributed by atoms with Gasteiger partial charge in [-0.15, -0.1) is 0 Å². The molecule has 1 saturated heterocycles. The first-order chi connectivity index (χ1) is 13.3. The number of hydrogen-bond donors (Lipinski definition) is 2. The Kier molecular flexibility index (Phi) is 4.95. The first kappa shape index (κ1) is 19.0. The molecule has 148 valence electrons. The van der Waals surface area contributed by atoms with E-state index in [0.29, 0.717) is 36.9 Å². The highest BCUT2D eigenvalue weighted by molar-refractivity contribution is 7.89. The van der Waals surface area contributed by atoms with Crippen molar-refractivity contribution in [3.8, 4) is 0 Å². The fraction of sp³-hybridized carbons (Fsp3) is 0.316. The number of rotatable bonds is 2. The van der Waals surface area contributed by atoms with Crippen molar-refractivity contribution in [3.63, 3.8) is 0 Å². The van der Waals surface area contributed by atoms with Gasteiger partial charge in [-0.3, -0.25) is 4.79 Å². The van der Waals surface area contributed by atoms with E-state index in [-0.39, 0.29) is 10.8 Å². The molecule has 0 radical (unpaired) electrons. The smallest absolute Gasteiger partial charge is 0.261 e. The van der Waals surface area contributed by atoms with Crippen LogP contribution in [0.3, 0.4) is 0 Å². The van der Waals surface area contributed by atoms with Crippen LogP contribution in [0.4, 0.5) is 11.4 Å². The van der Waals surface area contributed by atoms with Gasteiger partial charge in [-0.25, -0.2) is 8.42 Å². The van der Waals surface area contributed by atoms with Crippen LogP contribution in [0, 0.1) is 6.92 Å². The van der Waals surface area contributed by atoms with Crippen LogP contribution in [0.2, 0.25) is 5.02 Å². The number of para-hydroxylation sites is 1. The largest absolute Gasteiger partial charge is 0.368 e. The molecule has 0 spiro atoms. The van der Waals surface area contributed by atoms with Crippen LogP contribution in [0.25, 0.3) is 0 Å². The average Bonchev–Trinajstić information content (AvgIpc) is 2.69. The number of amides is 1. The second-order valence-corrected chi connectivity index (χ2v) is 9.06. The van der Waals surface area contributed by atoms with Crippen LogP contribution < -0.4 is 14.9 Å². The Bertz CT molecular complexity index is 1020. The van der Waals surface area contributed by atoms with Gasteiger partial charge in [0.05, 0.1) is 5.69 Å². The van der Waals surface area contributed by atoms with Gasteiger partial charge >= 0.3 is 0 Å². The van der Waals surface area contributed by atoms with E-state index in [1.165, 1.54) is 6.07 Å². The quantitative estimate of drug-likeness (QED) is 0.776. The number of benzene rings is 2. The number of aryl methyl sites for hydroxylation is 1. The van der Waals surface area contributed by atoms with Crippen molar-refractivity contribution in [1.29, 1.82) is 0 Å². The van der Waals surface area contributed by atoms with Gasteiger partial charge < -0.3 is 15.1 Å². The summed E-state index contributed by atoms with van der Waals surface area (Å²) in [5.74, 6) is -0.277. The van der Waals surface area contributed by atoms with E-state index in [0.717, 1.165) is 11.3 Å². The van der Waals surface area contributed by atoms with E-state index in [4.69, 9.17) is 11.6 Å². The molecule has 4 rings (SSSR count). The minimum absolute atomic E-state index is 0.153. The van der Waals surface area contributed by atoms with E-state index in [1.807, 2.05) is 25.1 Å². The first-order valence-electron chi connectivity index (χ1n) is 9.03. The third-order valence-corrected chi connectivity index (χ3v) is 6.82. The van der Waals surface area contributed by atoms with E-state index < -0.39 is 16.2 Å². The zero-order valence-electron chi connectivity index (χ0n) is 15.4. The van der Waals surface area contributed by atoms with Gasteiger partial charge in [0.2, 0.25) is 10.0 Å². The normalized spacial score (nSPS) is 21.0. The summed E-state index contributed by atoms with van der Waals surface area (Å²) in [5, 5.41) is 3.68. The van der Waals surface area contributed by atoms with Crippen molar-refractivity contribution >= 4 is 38.9 Å². The monoisotopic (exact) mass is 420 g/mol. The van der Waals surface area contributed by atoms with Crippen molar-refractivity contribution < 1.29 is 13.2 Å². The van der Waals surface area contributed by atoms with E-state index >= 15 is 0 Å². The maximum absolute atomic E-state index is 12.9. The molecule has 2 aromatic carbocycles. The molecule has 2 aliphatic rings. The Hall–Kier alpha value is -2.29. The van der Waals surface area contributed by atoms with Crippen molar-refractivity contribution in [2.24, 2.45) is 0 Å². The Morgan fingerprint density at radius 3 is 2.57 bits per heavy atom. The maximum atomic E-state index is 12.9. The second-order valence-electron chi connectivity index (χ2n) is 6.94. The molecule has 9 heteroatoms. The number of hydrogen-bond acceptors (Lipinski definition) is 5. The second kappa shape index (κ2) is 7.27. The number of anilines is 2. The van der Waals surface area contributed by atoms with Crippen LogP contribution in [-0.2, 0) is 14.8 Å². The lowest BCUT2D eigenvalue weighted by molar-refractivity contribution is -0.132. The average molecular weight is 421 g/mol. The van der Waals surface area contributed by atoms with Crippen molar-refractivity contribution in [3.05, 3.63) is 53.1 Å². The predicted octanol–water partition coefficient (Wildman–Crippen LogP) is 2.03. The molecule has 2 aromatic rings. The van der Waals surface area contributed by atoms with Crippen LogP contribution in [0.15, 0.2) is 47.4 Å². The molecule has 1 amide bonds. The lowest BCUT2D eigenvalue weighted by atomic mass is 10.1. The molecule has 1 atom stereocenters. The van der Waals surface area contributed by atoms with Gasteiger partial charge in [0.1, 0.15) is 4.90 Å². The number of halogens is 1. The standard InChI is InChI=1S/C19H21ClN4O3S/c1-13-6-7-14(20)12-16(13)23-8-10-24(11-9-23)19(25)18-21-15-4-2-3-5-17(15)28(26,27)22-18/h2-7,12,18,21-22H,8-11H2,1H3/t18-/m1/s1. The summed E-state index contributed by atoms with van der Waals surface area (Å²) in [4.78, 5) is 16.9. The van der Waals surface area contributed by atoms with Crippen LogP contribution in [0.5, 0.6) is 0 Å². The lowest BCUT2D eigenvalue weighted by Gasteiger charge is -2.39. The third kappa shape index (κ3) is 3.55. The van der Waals surface area contributed by atoms with Gasteiger partial charge in [0, 0.05) is 36.9 Å². The van der Waals surface area contributed by atoms with Gasteiger partial charge in [0.25, 0.3) is 5.91 Å². The minimum Gasteiger partial charge on any atom is -0.368 e. The summed E-state index contributed by atoms with van der Waals surface area (Å²) in [6.07, 6.45) is -1.00. The molecule has 2 heterocycles. The van der Waals surface area contributed by atoms with Crippen molar-refractivity contribution in [2.75, 3.05) is 36.4 Å². The number of piperazine rings is 1. The third-order valence-electron chi connectivity index (χ3n) is 5.10. The van der Waals surface area contributed by atoms with Crippen molar-refractivity contribution in [2.45, 2.75) is 18.0 Å². The molecule has 2 N–H and O–H groups in total. The summed E-state index contributed by atoms with van der Waals surface area (Å²) >= 11 is 6.12. The number of carbonyl (C=O) groups excluding carboxylic acids is 1. The summed E-state index contributed by atoms with van der Waals surface area (Å²) in [7, 11) is -3.72. The highest BCUT2D eigenvalue weighted by atomic mass is 35.5. The molecule has 0 aromatic heterocycles. The Morgan fingerprint density at radius 1 is 1.11 bits per heavy atom. The molecule has 0 saturated carbocycles. The van der Waals surface area contributed by atoms with E-state index in [1.54, 1.807) is 23.1 Å². The zero-order chi connectivity index (χ0) is 19.9. The molecular weight excluding hydrogens is 400 g/mol. The van der Waals surface area contributed by atoms with Gasteiger partial charge in [-0.05, 0) is 36.8 Å². The Morgan fingerprint density at radius 2 is 1.82 bits per heavy atom. The molecule has 28 heavy (non-hydrogen) atoms. The van der Waals surface area contributed by atoms with Gasteiger partial charge in [-0.2, -0.15) is 4.72 Å². The van der Waals surface area contributed by atoms with E-state index in [9.17, 15) is 13.2 Å². The predicted molar refractivity (Wildman–Crippen MR) is 109 cm³/mol. The minimum atomic E-state index is -3.72. The fourth-order valence-corrected chi connectivity index (χ4v) is 5.05. The maximum Gasteiger partial charge on any atom is 0.261 e. The lowest BCUT2D eigenvalue weighted by Crippen LogP contribution is -2.58. The van der Waals surface area contributed by atoms with Crippen molar-refractivity contribution in [1.82, 2.24) is 9.62 Å². The first-order valence-corrected chi connectivity index (χ1v) is 10.9. The topological polar surface area (TPSA) is 81.8 Å². The number of carbonyl (C=O) groups is 1. The molecule has 7 nitrogen and oxygen atoms in total. The highest BCUT2D eigenvalue weighted by Crippen LogP contribution is 2.27. The Balaban J connectivity index is 1.46. The zero-order valence-corrected chi connectivity index (χ0v) is 16.9. The van der Waals surface area contributed by atoms with Crippen LogP contribution >= 0.6 is 11.6 Å². The molecule has 0 aliphatic carbocycles. The van der Waals surface area contributed by atoms with Gasteiger partial charge in [0.15, 0.2) is 6.17 Å². The SMILES string of the molecule is Cc1ccc(Cl)cc1N1CCN(C(=O)[C@@H]2Nc3ccccc3S(=O)(=O)N2)CC1. The number of nitrogens with one attached hydrogen (secondary N) is 2. The fourth-order valence-electron chi connectivity index (χ4n) is 3.61. The molecule has 0 unspecified atom stereocenters. The Labute approximate surface area is 169 Å². The van der Waals surface area contributed by atoms with E-state index in [2.05, 4.69) is 14.9 Å². The summed E-state index contributed by atoms with van der Waals surface area (Å²) in [6, 6.07) is 12.3. The number of sulfonamides is 1. The molecule has 0 bridgehead atoms. The summed E-state index contributed by atoms with van der Waals surface area (Å²) in [6.45, 7) is 4.35. The van der Waals surface area contributed by atoms with Crippen LogP contribution in [-0.4, -0.2) is 51.6 Å². The summed E-state index contributed by atoms with van der Waals surface area (Å²) in [5.41, 5.74) is 2.63. The molecule has 1 fully saturated rings. The molecular formula is C19H21ClN4O3S. The highest BCUT2D eigenvalue weighted by Gasteiger charge is 2.36. The van der Waals surface area contributed by atoms with Crippen LogP contribution in [0.1, 0.15) is 5.56 Å². The number of nitrogens with zero attached hydrogens (tertiary/aromatic N) is 2. The number of fused-ring (bicyclic) bond motifs is 1. The molecule has 2 aliphatic heterocycles. The summed E-state index contributed by atoms with van der Waals surface area (Å²) < 4.78 is 27.3.